The summed E-state index contributed by atoms with van der Waals surface area (Å²) in [7, 11) is 0. The molecular formula is C21H30N4S. The predicted molar refractivity (Wildman–Crippen MR) is 114 cm³/mol. The fraction of sp³-hybridized carbons (Fsp3) is 0.524. The molecule has 1 unspecified atom stereocenters. The Labute approximate surface area is 161 Å². The predicted octanol–water partition coefficient (Wildman–Crippen LogP) is 5.59. The second-order valence-corrected chi connectivity index (χ2v) is 8.33. The molecule has 1 atom stereocenters. The lowest BCUT2D eigenvalue weighted by Crippen LogP contribution is -2.36. The van der Waals surface area contributed by atoms with Crippen LogP contribution in [0.2, 0.25) is 0 Å². The van der Waals surface area contributed by atoms with Crippen LogP contribution >= 0.6 is 11.8 Å². The van der Waals surface area contributed by atoms with Crippen molar-refractivity contribution in [2.45, 2.75) is 59.3 Å². The number of anilines is 1. The average Bonchev–Trinajstić information content (AvgIpc) is 2.98. The zero-order valence-electron chi connectivity index (χ0n) is 17.0. The molecule has 1 aromatic heterocycles. The molecule has 5 heteroatoms. The van der Waals surface area contributed by atoms with Gasteiger partial charge >= 0.3 is 0 Å². The molecule has 0 saturated heterocycles. The van der Waals surface area contributed by atoms with Crippen molar-refractivity contribution >= 4 is 23.4 Å². The second-order valence-electron chi connectivity index (χ2n) is 7.30. The van der Waals surface area contributed by atoms with Crippen molar-refractivity contribution in [1.82, 2.24) is 9.78 Å². The number of rotatable bonds is 5. The van der Waals surface area contributed by atoms with Gasteiger partial charge in [-0.05, 0) is 63.8 Å². The molecule has 4 nitrogen and oxygen atoms in total. The van der Waals surface area contributed by atoms with E-state index in [2.05, 4.69) is 69.9 Å². The van der Waals surface area contributed by atoms with Crippen LogP contribution in [0.1, 0.15) is 55.9 Å². The molecular weight excluding hydrogens is 340 g/mol. The van der Waals surface area contributed by atoms with E-state index in [9.17, 15) is 0 Å². The topological polar surface area (TPSA) is 42.2 Å². The molecule has 2 heterocycles. The SMILES string of the molecule is CCC(CC)C1(SC)N=C(C)Nc2c1cnn2-c1c(C)cc(C)cc1C. The summed E-state index contributed by atoms with van der Waals surface area (Å²) in [6.45, 7) is 13.0. The van der Waals surface area contributed by atoms with Gasteiger partial charge in [-0.1, -0.05) is 31.5 Å². The molecule has 140 valence electrons. The number of amidine groups is 1. The smallest absolute Gasteiger partial charge is 0.141 e. The van der Waals surface area contributed by atoms with Crippen LogP contribution in [0.3, 0.4) is 0 Å². The van der Waals surface area contributed by atoms with E-state index in [-0.39, 0.29) is 4.87 Å². The van der Waals surface area contributed by atoms with Crippen LogP contribution in [-0.2, 0) is 4.87 Å². The molecule has 0 amide bonds. The van der Waals surface area contributed by atoms with Crippen LogP contribution in [0.15, 0.2) is 23.3 Å². The minimum Gasteiger partial charge on any atom is -0.329 e. The Balaban J connectivity index is 2.24. The maximum absolute atomic E-state index is 5.10. The van der Waals surface area contributed by atoms with Gasteiger partial charge in [0.2, 0.25) is 0 Å². The highest BCUT2D eigenvalue weighted by atomic mass is 32.2. The molecule has 0 saturated carbocycles. The number of fused-ring (bicyclic) bond motifs is 1. The minimum atomic E-state index is -0.265. The lowest BCUT2D eigenvalue weighted by atomic mass is 9.88. The van der Waals surface area contributed by atoms with E-state index in [1.54, 1.807) is 0 Å². The number of aromatic nitrogens is 2. The van der Waals surface area contributed by atoms with Gasteiger partial charge in [0.05, 0.1) is 17.4 Å². The van der Waals surface area contributed by atoms with Crippen molar-refractivity contribution in [3.63, 3.8) is 0 Å². The Hall–Kier alpha value is -1.75. The molecule has 1 N–H and O–H groups in total. The molecule has 3 rings (SSSR count). The number of benzene rings is 1. The Kier molecular flexibility index (Phi) is 5.20. The summed E-state index contributed by atoms with van der Waals surface area (Å²) in [4.78, 5) is 4.83. The molecule has 0 aliphatic carbocycles. The molecule has 0 fully saturated rings. The quantitative estimate of drug-likeness (QED) is 0.745. The van der Waals surface area contributed by atoms with Crippen LogP contribution in [0.25, 0.3) is 5.69 Å². The molecule has 26 heavy (non-hydrogen) atoms. The number of nitrogens with one attached hydrogen (secondary N) is 1. The Morgan fingerprint density at radius 1 is 1.12 bits per heavy atom. The lowest BCUT2D eigenvalue weighted by molar-refractivity contribution is 0.370. The van der Waals surface area contributed by atoms with Crippen molar-refractivity contribution in [3.05, 3.63) is 40.6 Å². The van der Waals surface area contributed by atoms with Gasteiger partial charge in [-0.3, -0.25) is 0 Å². The molecule has 1 aromatic carbocycles. The Bertz CT molecular complexity index is 825. The summed E-state index contributed by atoms with van der Waals surface area (Å²) in [6.07, 6.45) is 6.39. The van der Waals surface area contributed by atoms with Gasteiger partial charge in [0.25, 0.3) is 0 Å². The first-order valence-corrected chi connectivity index (χ1v) is 10.7. The van der Waals surface area contributed by atoms with Crippen LogP contribution in [-0.4, -0.2) is 21.9 Å². The van der Waals surface area contributed by atoms with E-state index in [0.29, 0.717) is 5.92 Å². The number of thioether (sulfide) groups is 1. The molecule has 2 aromatic rings. The lowest BCUT2D eigenvalue weighted by Gasteiger charge is -2.38. The van der Waals surface area contributed by atoms with E-state index >= 15 is 0 Å². The maximum Gasteiger partial charge on any atom is 0.141 e. The number of aryl methyl sites for hydroxylation is 3. The summed E-state index contributed by atoms with van der Waals surface area (Å²) in [6, 6.07) is 4.45. The highest BCUT2D eigenvalue weighted by Crippen LogP contribution is 2.51. The third kappa shape index (κ3) is 2.86. The van der Waals surface area contributed by atoms with E-state index in [1.807, 2.05) is 18.0 Å². The Morgan fingerprint density at radius 2 is 1.73 bits per heavy atom. The van der Waals surface area contributed by atoms with Crippen molar-refractivity contribution in [1.29, 1.82) is 0 Å². The first-order valence-electron chi connectivity index (χ1n) is 9.43. The summed E-state index contributed by atoms with van der Waals surface area (Å²) in [5.41, 5.74) is 6.13. The van der Waals surface area contributed by atoms with E-state index in [1.165, 1.54) is 27.9 Å². The van der Waals surface area contributed by atoms with Gasteiger partial charge in [0, 0.05) is 0 Å². The number of hydrogen-bond donors (Lipinski definition) is 1. The third-order valence-corrected chi connectivity index (χ3v) is 6.75. The van der Waals surface area contributed by atoms with Gasteiger partial charge in [0.15, 0.2) is 0 Å². The summed E-state index contributed by atoms with van der Waals surface area (Å²) in [5, 5.41) is 8.32. The van der Waals surface area contributed by atoms with Gasteiger partial charge < -0.3 is 5.32 Å². The second kappa shape index (κ2) is 7.10. The summed E-state index contributed by atoms with van der Waals surface area (Å²) in [5.74, 6) is 2.50. The van der Waals surface area contributed by atoms with Crippen molar-refractivity contribution in [2.75, 3.05) is 11.6 Å². The fourth-order valence-corrected chi connectivity index (χ4v) is 5.66. The van der Waals surface area contributed by atoms with E-state index < -0.39 is 0 Å². The highest BCUT2D eigenvalue weighted by Gasteiger charge is 2.44. The highest BCUT2D eigenvalue weighted by molar-refractivity contribution is 7.99. The molecule has 1 aliphatic rings. The molecule has 0 radical (unpaired) electrons. The fourth-order valence-electron chi connectivity index (χ4n) is 4.39. The van der Waals surface area contributed by atoms with Crippen molar-refractivity contribution in [2.24, 2.45) is 10.9 Å². The molecule has 1 aliphatic heterocycles. The zero-order valence-corrected chi connectivity index (χ0v) is 17.8. The maximum atomic E-state index is 5.10. The third-order valence-electron chi connectivity index (χ3n) is 5.49. The monoisotopic (exact) mass is 370 g/mol. The number of nitrogens with zero attached hydrogens (tertiary/aromatic N) is 3. The molecule has 0 spiro atoms. The average molecular weight is 371 g/mol. The largest absolute Gasteiger partial charge is 0.329 e. The normalized spacial score (nSPS) is 19.3. The minimum absolute atomic E-state index is 0.265. The van der Waals surface area contributed by atoms with E-state index in [0.717, 1.165) is 24.5 Å². The van der Waals surface area contributed by atoms with Crippen LogP contribution < -0.4 is 5.32 Å². The molecule has 0 bridgehead atoms. The van der Waals surface area contributed by atoms with Gasteiger partial charge in [0.1, 0.15) is 16.5 Å². The first-order chi connectivity index (χ1) is 12.4. The van der Waals surface area contributed by atoms with Crippen molar-refractivity contribution < 1.29 is 0 Å². The number of aliphatic imine (C=N–C) groups is 1. The van der Waals surface area contributed by atoms with Crippen molar-refractivity contribution in [3.8, 4) is 5.69 Å². The van der Waals surface area contributed by atoms with E-state index in [4.69, 9.17) is 10.1 Å². The van der Waals surface area contributed by atoms with Crippen LogP contribution in [0.4, 0.5) is 5.82 Å². The first kappa shape index (κ1) is 19.0. The van der Waals surface area contributed by atoms with Crippen LogP contribution in [0.5, 0.6) is 0 Å². The number of hydrogen-bond acceptors (Lipinski definition) is 4. The van der Waals surface area contributed by atoms with Gasteiger partial charge in [-0.25, -0.2) is 9.67 Å². The summed E-state index contributed by atoms with van der Waals surface area (Å²) >= 11 is 1.84. The van der Waals surface area contributed by atoms with Crippen LogP contribution in [0, 0.1) is 26.7 Å². The summed E-state index contributed by atoms with van der Waals surface area (Å²) < 4.78 is 2.07. The standard InChI is InChI=1S/C21H30N4S/c1-8-17(9-2)21(26-7)18-12-22-25(20(18)23-16(6)24-21)19-14(4)10-13(3)11-15(19)5/h10-12,17H,8-9H2,1-7H3,(H,23,24). The van der Waals surface area contributed by atoms with Gasteiger partial charge in [-0.15, -0.1) is 11.8 Å². The zero-order chi connectivity index (χ0) is 19.1. The Morgan fingerprint density at radius 3 is 2.27 bits per heavy atom. The van der Waals surface area contributed by atoms with Gasteiger partial charge in [-0.2, -0.15) is 5.10 Å².